The number of carbonyl (C=O) groups excluding carboxylic acids is 2. The van der Waals surface area contributed by atoms with E-state index in [2.05, 4.69) is 9.47 Å². The van der Waals surface area contributed by atoms with E-state index in [4.69, 9.17) is 4.74 Å². The van der Waals surface area contributed by atoms with Crippen LogP contribution in [0.3, 0.4) is 0 Å². The Morgan fingerprint density at radius 3 is 1.73 bits per heavy atom. The van der Waals surface area contributed by atoms with Crippen molar-refractivity contribution in [2.24, 2.45) is 11.8 Å². The van der Waals surface area contributed by atoms with Crippen LogP contribution in [0.15, 0.2) is 0 Å². The van der Waals surface area contributed by atoms with Gasteiger partial charge < -0.3 is 14.2 Å². The molecule has 15 heavy (non-hydrogen) atoms. The van der Waals surface area contributed by atoms with Crippen LogP contribution in [-0.4, -0.2) is 39.4 Å². The number of hydrogen-bond donors (Lipinski definition) is 0. The van der Waals surface area contributed by atoms with Crippen molar-refractivity contribution < 1.29 is 23.8 Å². The molecule has 0 aliphatic carbocycles. The average Bonchev–Trinajstić information content (AvgIpc) is 2.52. The molecule has 1 fully saturated rings. The lowest BCUT2D eigenvalue weighted by Crippen LogP contribution is -2.31. The van der Waals surface area contributed by atoms with E-state index >= 15 is 0 Å². The maximum absolute atomic E-state index is 11.5. The van der Waals surface area contributed by atoms with Gasteiger partial charge in [0.15, 0.2) is 0 Å². The molecule has 0 N–H and O–H groups in total. The van der Waals surface area contributed by atoms with E-state index in [1.165, 1.54) is 14.2 Å². The molecule has 0 spiro atoms. The van der Waals surface area contributed by atoms with Crippen LogP contribution < -0.4 is 0 Å². The number of hydrogen-bond acceptors (Lipinski definition) is 5. The Morgan fingerprint density at radius 1 is 1.00 bits per heavy atom. The van der Waals surface area contributed by atoms with Crippen LogP contribution in [-0.2, 0) is 23.8 Å². The first kappa shape index (κ1) is 12.0. The quantitative estimate of drug-likeness (QED) is 0.624. The summed E-state index contributed by atoms with van der Waals surface area (Å²) in [6.07, 6.45) is 1.01. The molecular weight excluding hydrogens is 200 g/mol. The van der Waals surface area contributed by atoms with Gasteiger partial charge in [-0.3, -0.25) is 9.59 Å². The van der Waals surface area contributed by atoms with Crippen molar-refractivity contribution in [2.75, 3.05) is 27.4 Å². The van der Waals surface area contributed by atoms with Crippen LogP contribution in [0.4, 0.5) is 0 Å². The molecule has 5 heteroatoms. The summed E-state index contributed by atoms with van der Waals surface area (Å²) >= 11 is 0. The number of carbonyl (C=O) groups is 2. The van der Waals surface area contributed by atoms with Crippen LogP contribution in [0.25, 0.3) is 0 Å². The molecule has 1 heterocycles. The van der Waals surface area contributed by atoms with Gasteiger partial charge in [-0.15, -0.1) is 0 Å². The van der Waals surface area contributed by atoms with Crippen LogP contribution in [0, 0.1) is 11.8 Å². The van der Waals surface area contributed by atoms with Gasteiger partial charge in [0.25, 0.3) is 0 Å². The van der Waals surface area contributed by atoms with Gasteiger partial charge in [0, 0.05) is 13.2 Å². The lowest BCUT2D eigenvalue weighted by molar-refractivity contribution is -0.157. The molecule has 0 aromatic heterocycles. The summed E-state index contributed by atoms with van der Waals surface area (Å²) in [6, 6.07) is 0. The molecule has 5 nitrogen and oxygen atoms in total. The predicted octanol–water partition coefficient (Wildman–Crippen LogP) is 0.375. The van der Waals surface area contributed by atoms with Crippen molar-refractivity contribution in [1.82, 2.24) is 0 Å². The molecule has 2 unspecified atom stereocenters. The second kappa shape index (κ2) is 5.70. The van der Waals surface area contributed by atoms with Gasteiger partial charge in [-0.25, -0.2) is 0 Å². The second-order valence-corrected chi connectivity index (χ2v) is 3.45. The summed E-state index contributed by atoms with van der Waals surface area (Å²) in [7, 11) is 2.64. The number of esters is 2. The van der Waals surface area contributed by atoms with Gasteiger partial charge >= 0.3 is 11.9 Å². The normalized spacial score (nSPS) is 26.5. The third kappa shape index (κ3) is 2.92. The molecule has 86 valence electrons. The zero-order valence-corrected chi connectivity index (χ0v) is 9.02. The highest BCUT2D eigenvalue weighted by Crippen LogP contribution is 2.25. The van der Waals surface area contributed by atoms with E-state index < -0.39 is 11.8 Å². The SMILES string of the molecule is COC(=O)C1CCOCCC1C(=O)OC. The molecule has 0 saturated carbocycles. The fourth-order valence-electron chi connectivity index (χ4n) is 1.79. The molecule has 0 aromatic carbocycles. The average molecular weight is 216 g/mol. The van der Waals surface area contributed by atoms with Gasteiger partial charge in [0.2, 0.25) is 0 Å². The van der Waals surface area contributed by atoms with Crippen LogP contribution in [0.2, 0.25) is 0 Å². The van der Waals surface area contributed by atoms with Crippen LogP contribution in [0.1, 0.15) is 12.8 Å². The van der Waals surface area contributed by atoms with Crippen molar-refractivity contribution in [3.8, 4) is 0 Å². The number of ether oxygens (including phenoxy) is 3. The zero-order chi connectivity index (χ0) is 11.3. The van der Waals surface area contributed by atoms with Crippen molar-refractivity contribution in [1.29, 1.82) is 0 Å². The summed E-state index contributed by atoms with van der Waals surface area (Å²) in [5.74, 6) is -1.61. The van der Waals surface area contributed by atoms with Gasteiger partial charge in [-0.1, -0.05) is 0 Å². The van der Waals surface area contributed by atoms with E-state index in [-0.39, 0.29) is 11.9 Å². The minimum Gasteiger partial charge on any atom is -0.469 e. The monoisotopic (exact) mass is 216 g/mol. The maximum Gasteiger partial charge on any atom is 0.309 e. The highest BCUT2D eigenvalue weighted by Gasteiger charge is 2.36. The topological polar surface area (TPSA) is 61.8 Å². The van der Waals surface area contributed by atoms with E-state index in [1.54, 1.807) is 0 Å². The fraction of sp³-hybridized carbons (Fsp3) is 0.800. The molecule has 1 aliphatic rings. The molecule has 0 radical (unpaired) electrons. The Morgan fingerprint density at radius 2 is 1.40 bits per heavy atom. The Bertz CT molecular complexity index is 214. The molecule has 2 atom stereocenters. The molecule has 1 aliphatic heterocycles. The minimum atomic E-state index is -0.440. The minimum absolute atomic E-state index is 0.365. The lowest BCUT2D eigenvalue weighted by Gasteiger charge is -2.19. The summed E-state index contributed by atoms with van der Waals surface area (Å²) in [4.78, 5) is 22.9. The van der Waals surface area contributed by atoms with Gasteiger partial charge in [-0.2, -0.15) is 0 Å². The second-order valence-electron chi connectivity index (χ2n) is 3.45. The maximum atomic E-state index is 11.5. The van der Waals surface area contributed by atoms with Crippen molar-refractivity contribution in [3.05, 3.63) is 0 Å². The van der Waals surface area contributed by atoms with E-state index in [1.807, 2.05) is 0 Å². The molecule has 0 amide bonds. The van der Waals surface area contributed by atoms with Crippen molar-refractivity contribution >= 4 is 11.9 Å². The Balaban J connectivity index is 2.75. The fourth-order valence-corrected chi connectivity index (χ4v) is 1.79. The summed E-state index contributed by atoms with van der Waals surface area (Å²) in [6.45, 7) is 0.959. The molecular formula is C10H16O5. The summed E-state index contributed by atoms with van der Waals surface area (Å²) in [5.41, 5.74) is 0. The third-order valence-electron chi connectivity index (χ3n) is 2.64. The first-order chi connectivity index (χ1) is 7.20. The van der Waals surface area contributed by atoms with Gasteiger partial charge in [-0.05, 0) is 12.8 Å². The van der Waals surface area contributed by atoms with Crippen LogP contribution >= 0.6 is 0 Å². The Hall–Kier alpha value is -1.10. The first-order valence-corrected chi connectivity index (χ1v) is 4.94. The predicted molar refractivity (Wildman–Crippen MR) is 51.1 cm³/mol. The highest BCUT2D eigenvalue weighted by molar-refractivity contribution is 5.82. The number of methoxy groups -OCH3 is 2. The summed E-state index contributed by atoms with van der Waals surface area (Å²) < 4.78 is 14.6. The lowest BCUT2D eigenvalue weighted by atomic mass is 9.88. The largest absolute Gasteiger partial charge is 0.469 e. The van der Waals surface area contributed by atoms with E-state index in [0.29, 0.717) is 26.1 Å². The molecule has 1 saturated heterocycles. The molecule has 0 aromatic rings. The van der Waals surface area contributed by atoms with Crippen molar-refractivity contribution in [3.63, 3.8) is 0 Å². The molecule has 0 bridgehead atoms. The number of rotatable bonds is 2. The van der Waals surface area contributed by atoms with E-state index in [9.17, 15) is 9.59 Å². The van der Waals surface area contributed by atoms with Crippen LogP contribution in [0.5, 0.6) is 0 Å². The standard InChI is InChI=1S/C10H16O5/c1-13-9(11)7-3-5-15-6-4-8(7)10(12)14-2/h7-8H,3-6H2,1-2H3. The smallest absolute Gasteiger partial charge is 0.309 e. The first-order valence-electron chi connectivity index (χ1n) is 4.94. The van der Waals surface area contributed by atoms with Gasteiger partial charge in [0.1, 0.15) is 0 Å². The molecule has 1 rings (SSSR count). The van der Waals surface area contributed by atoms with Gasteiger partial charge in [0.05, 0.1) is 26.1 Å². The third-order valence-corrected chi connectivity index (χ3v) is 2.64. The Labute approximate surface area is 88.7 Å². The summed E-state index contributed by atoms with van der Waals surface area (Å²) in [5, 5.41) is 0. The highest BCUT2D eigenvalue weighted by atomic mass is 16.5. The van der Waals surface area contributed by atoms with E-state index in [0.717, 1.165) is 0 Å². The van der Waals surface area contributed by atoms with Crippen molar-refractivity contribution in [2.45, 2.75) is 12.8 Å². The zero-order valence-electron chi connectivity index (χ0n) is 9.02. The Kier molecular flexibility index (Phi) is 4.55.